The van der Waals surface area contributed by atoms with Crippen molar-refractivity contribution >= 4 is 5.91 Å². The number of rotatable bonds is 4. The van der Waals surface area contributed by atoms with E-state index in [4.69, 9.17) is 9.84 Å². The zero-order chi connectivity index (χ0) is 12.3. The number of methoxy groups -OCH3 is 1. The summed E-state index contributed by atoms with van der Waals surface area (Å²) in [5.74, 6) is 0.921. The van der Waals surface area contributed by atoms with Crippen molar-refractivity contribution in [1.82, 2.24) is 4.90 Å². The molecule has 0 bridgehead atoms. The monoisotopic (exact) mass is 235 g/mol. The number of likely N-dealkylation sites (tertiary alicyclic amines) is 1. The predicted molar refractivity (Wildman–Crippen MR) is 63.9 cm³/mol. The molecule has 1 aromatic rings. The number of nitrogens with zero attached hydrogens (tertiary/aromatic N) is 1. The minimum atomic E-state index is -0.329. The number of aryl methyl sites for hydroxylation is 1. The van der Waals surface area contributed by atoms with Gasteiger partial charge in [-0.1, -0.05) is 18.2 Å². The lowest BCUT2D eigenvalue weighted by Gasteiger charge is -2.35. The Morgan fingerprint density at radius 1 is 1.47 bits per heavy atom. The van der Waals surface area contributed by atoms with Crippen LogP contribution in [0.5, 0.6) is 5.75 Å². The molecule has 0 radical (unpaired) electrons. The molecule has 4 nitrogen and oxygen atoms in total. The van der Waals surface area contributed by atoms with E-state index in [1.165, 1.54) is 0 Å². The molecule has 0 aliphatic carbocycles. The topological polar surface area (TPSA) is 49.8 Å². The van der Waals surface area contributed by atoms with Crippen molar-refractivity contribution in [2.75, 3.05) is 20.2 Å². The first kappa shape index (κ1) is 11.9. The van der Waals surface area contributed by atoms with Gasteiger partial charge in [-0.15, -0.1) is 0 Å². The molecule has 4 heteroatoms. The first-order chi connectivity index (χ1) is 8.20. The highest BCUT2D eigenvalue weighted by Crippen LogP contribution is 2.20. The molecule has 1 aliphatic heterocycles. The summed E-state index contributed by atoms with van der Waals surface area (Å²) >= 11 is 0. The lowest BCUT2D eigenvalue weighted by molar-refractivity contribution is -0.141. The van der Waals surface area contributed by atoms with Crippen LogP contribution in [0.4, 0.5) is 0 Å². The molecule has 0 aromatic heterocycles. The zero-order valence-electron chi connectivity index (χ0n) is 9.93. The molecule has 17 heavy (non-hydrogen) atoms. The second kappa shape index (κ2) is 5.19. The van der Waals surface area contributed by atoms with E-state index in [1.807, 2.05) is 24.3 Å². The van der Waals surface area contributed by atoms with Gasteiger partial charge in [0, 0.05) is 19.5 Å². The summed E-state index contributed by atoms with van der Waals surface area (Å²) in [5.41, 5.74) is 1.05. The number of carbonyl (C=O) groups is 1. The fourth-order valence-electron chi connectivity index (χ4n) is 1.97. The fourth-order valence-corrected chi connectivity index (χ4v) is 1.97. The van der Waals surface area contributed by atoms with Gasteiger partial charge in [0.25, 0.3) is 0 Å². The maximum atomic E-state index is 11.7. The van der Waals surface area contributed by atoms with Crippen LogP contribution >= 0.6 is 0 Å². The van der Waals surface area contributed by atoms with Crippen LogP contribution in [0.3, 0.4) is 0 Å². The Hall–Kier alpha value is -1.55. The molecule has 0 spiro atoms. The second-order valence-corrected chi connectivity index (χ2v) is 4.26. The number of carbonyl (C=O) groups excluding carboxylic acids is 1. The molecule has 0 saturated carbocycles. The van der Waals surface area contributed by atoms with Crippen LogP contribution < -0.4 is 4.74 Å². The minimum absolute atomic E-state index is 0.0983. The fraction of sp³-hybridized carbons (Fsp3) is 0.462. The third-order valence-corrected chi connectivity index (χ3v) is 3.02. The van der Waals surface area contributed by atoms with Gasteiger partial charge in [0.05, 0.1) is 13.2 Å². The van der Waals surface area contributed by atoms with Gasteiger partial charge in [-0.2, -0.15) is 0 Å². The summed E-state index contributed by atoms with van der Waals surface area (Å²) in [7, 11) is 1.63. The van der Waals surface area contributed by atoms with Crippen LogP contribution in [-0.4, -0.2) is 42.2 Å². The smallest absolute Gasteiger partial charge is 0.223 e. The summed E-state index contributed by atoms with van der Waals surface area (Å²) in [4.78, 5) is 13.4. The third-order valence-electron chi connectivity index (χ3n) is 3.02. The number of hydrogen-bond acceptors (Lipinski definition) is 3. The Labute approximate surface area is 101 Å². The molecule has 2 rings (SSSR count). The van der Waals surface area contributed by atoms with Crippen LogP contribution in [0, 0.1) is 0 Å². The van der Waals surface area contributed by atoms with Crippen LogP contribution in [-0.2, 0) is 11.2 Å². The summed E-state index contributed by atoms with van der Waals surface area (Å²) < 4.78 is 5.23. The quantitative estimate of drug-likeness (QED) is 0.841. The number of aliphatic hydroxyl groups is 1. The highest BCUT2D eigenvalue weighted by atomic mass is 16.5. The van der Waals surface area contributed by atoms with Gasteiger partial charge >= 0.3 is 0 Å². The lowest BCUT2D eigenvalue weighted by Crippen LogP contribution is -2.53. The Balaban J connectivity index is 1.87. The minimum Gasteiger partial charge on any atom is -0.496 e. The van der Waals surface area contributed by atoms with E-state index in [1.54, 1.807) is 12.0 Å². The largest absolute Gasteiger partial charge is 0.496 e. The van der Waals surface area contributed by atoms with E-state index in [0.29, 0.717) is 25.9 Å². The average molecular weight is 235 g/mol. The maximum Gasteiger partial charge on any atom is 0.223 e. The van der Waals surface area contributed by atoms with Crippen molar-refractivity contribution in [3.05, 3.63) is 29.8 Å². The summed E-state index contributed by atoms with van der Waals surface area (Å²) in [5, 5.41) is 9.12. The Morgan fingerprint density at radius 3 is 2.82 bits per heavy atom. The SMILES string of the molecule is COc1ccccc1CCC(=O)N1CC(O)C1. The van der Waals surface area contributed by atoms with Gasteiger partial charge in [-0.05, 0) is 18.1 Å². The summed E-state index contributed by atoms with van der Waals surface area (Å²) in [6.07, 6.45) is 0.813. The Morgan fingerprint density at radius 2 is 2.18 bits per heavy atom. The first-order valence-electron chi connectivity index (χ1n) is 5.78. The second-order valence-electron chi connectivity index (χ2n) is 4.26. The van der Waals surface area contributed by atoms with E-state index in [2.05, 4.69) is 0 Å². The number of amides is 1. The van der Waals surface area contributed by atoms with E-state index < -0.39 is 0 Å². The van der Waals surface area contributed by atoms with E-state index in [-0.39, 0.29) is 12.0 Å². The molecule has 92 valence electrons. The molecule has 1 saturated heterocycles. The number of benzene rings is 1. The molecule has 1 N–H and O–H groups in total. The van der Waals surface area contributed by atoms with Crippen molar-refractivity contribution in [3.63, 3.8) is 0 Å². The molecule has 0 atom stereocenters. The van der Waals surface area contributed by atoms with E-state index in [9.17, 15) is 4.79 Å². The van der Waals surface area contributed by atoms with Crippen molar-refractivity contribution < 1.29 is 14.6 Å². The molecule has 1 heterocycles. The van der Waals surface area contributed by atoms with E-state index in [0.717, 1.165) is 11.3 Å². The van der Waals surface area contributed by atoms with Crippen molar-refractivity contribution in [3.8, 4) is 5.75 Å². The van der Waals surface area contributed by atoms with Crippen molar-refractivity contribution in [1.29, 1.82) is 0 Å². The zero-order valence-corrected chi connectivity index (χ0v) is 9.93. The normalized spacial score (nSPS) is 15.5. The van der Waals surface area contributed by atoms with E-state index >= 15 is 0 Å². The number of hydrogen-bond donors (Lipinski definition) is 1. The number of ether oxygens (including phenoxy) is 1. The molecule has 0 unspecified atom stereocenters. The van der Waals surface area contributed by atoms with Crippen LogP contribution in [0.1, 0.15) is 12.0 Å². The average Bonchev–Trinajstić information content (AvgIpc) is 2.32. The summed E-state index contributed by atoms with van der Waals surface area (Å²) in [6, 6.07) is 7.72. The Kier molecular flexibility index (Phi) is 3.64. The van der Waals surface area contributed by atoms with Crippen molar-refractivity contribution in [2.24, 2.45) is 0 Å². The van der Waals surface area contributed by atoms with Gasteiger partial charge in [0.1, 0.15) is 5.75 Å². The third kappa shape index (κ3) is 2.77. The standard InChI is InChI=1S/C13H17NO3/c1-17-12-5-3-2-4-10(12)6-7-13(16)14-8-11(15)9-14/h2-5,11,15H,6-9H2,1H3. The molecule has 1 amide bonds. The van der Waals surface area contributed by atoms with Crippen LogP contribution in [0.15, 0.2) is 24.3 Å². The van der Waals surface area contributed by atoms with Gasteiger partial charge in [0.2, 0.25) is 5.91 Å². The molecular formula is C13H17NO3. The van der Waals surface area contributed by atoms with Gasteiger partial charge in [0.15, 0.2) is 0 Å². The van der Waals surface area contributed by atoms with Gasteiger partial charge in [-0.3, -0.25) is 4.79 Å². The van der Waals surface area contributed by atoms with Gasteiger partial charge in [-0.25, -0.2) is 0 Å². The number of para-hydroxylation sites is 1. The lowest BCUT2D eigenvalue weighted by atomic mass is 10.1. The first-order valence-corrected chi connectivity index (χ1v) is 5.78. The number of aliphatic hydroxyl groups excluding tert-OH is 1. The summed E-state index contributed by atoms with van der Waals surface area (Å²) in [6.45, 7) is 0.954. The molecule has 1 aliphatic rings. The number of β-amino-alcohol motifs (C(OH)–C–C–N with tert-alkyl or cyclic N) is 1. The highest BCUT2D eigenvalue weighted by molar-refractivity contribution is 5.77. The van der Waals surface area contributed by atoms with Gasteiger partial charge < -0.3 is 14.7 Å². The maximum absolute atomic E-state index is 11.7. The Bertz CT molecular complexity index is 399. The van der Waals surface area contributed by atoms with Crippen molar-refractivity contribution in [2.45, 2.75) is 18.9 Å². The highest BCUT2D eigenvalue weighted by Gasteiger charge is 2.28. The van der Waals surface area contributed by atoms with Crippen LogP contribution in [0.2, 0.25) is 0 Å². The molecule has 1 fully saturated rings. The van der Waals surface area contributed by atoms with Crippen LogP contribution in [0.25, 0.3) is 0 Å². The predicted octanol–water partition coefficient (Wildman–Crippen LogP) is 0.831. The molecular weight excluding hydrogens is 218 g/mol. The molecule has 1 aromatic carbocycles.